The van der Waals surface area contributed by atoms with E-state index in [0.717, 1.165) is 11.1 Å². The van der Waals surface area contributed by atoms with Crippen LogP contribution in [0.3, 0.4) is 0 Å². The molecule has 110 valence electrons. The maximum atomic E-state index is 11.9. The van der Waals surface area contributed by atoms with Gasteiger partial charge in [-0.1, -0.05) is 29.3 Å². The van der Waals surface area contributed by atoms with Crippen molar-refractivity contribution >= 4 is 34.8 Å². The molecule has 0 bridgehead atoms. The Kier molecular flexibility index (Phi) is 5.10. The predicted molar refractivity (Wildman–Crippen MR) is 86.5 cm³/mol. The van der Waals surface area contributed by atoms with Crippen molar-refractivity contribution in [3.8, 4) is 5.75 Å². The van der Waals surface area contributed by atoms with Gasteiger partial charge >= 0.3 is 0 Å². The first-order valence-corrected chi connectivity index (χ1v) is 7.16. The molecule has 0 saturated carbocycles. The Morgan fingerprint density at radius 3 is 2.57 bits per heavy atom. The lowest BCUT2D eigenvalue weighted by atomic mass is 10.2. The Hall–Kier alpha value is -1.71. The Labute approximate surface area is 133 Å². The molecule has 3 nitrogen and oxygen atoms in total. The monoisotopic (exact) mass is 323 g/mol. The van der Waals surface area contributed by atoms with Gasteiger partial charge in [0.1, 0.15) is 5.75 Å². The molecular weight excluding hydrogens is 309 g/mol. The minimum Gasteiger partial charge on any atom is -0.483 e. The minimum atomic E-state index is -0.268. The van der Waals surface area contributed by atoms with Crippen LogP contribution < -0.4 is 10.1 Å². The number of nitrogens with one attached hydrogen (secondary N) is 1. The fraction of sp³-hybridized carbons (Fsp3) is 0.188. The second-order valence-electron chi connectivity index (χ2n) is 4.73. The van der Waals surface area contributed by atoms with Gasteiger partial charge in [-0.25, -0.2) is 0 Å². The van der Waals surface area contributed by atoms with Gasteiger partial charge in [-0.15, -0.1) is 0 Å². The summed E-state index contributed by atoms with van der Waals surface area (Å²) < 4.78 is 5.48. The quantitative estimate of drug-likeness (QED) is 0.890. The number of anilines is 1. The molecule has 5 heteroatoms. The van der Waals surface area contributed by atoms with Gasteiger partial charge in [-0.2, -0.15) is 0 Å². The zero-order chi connectivity index (χ0) is 15.4. The van der Waals surface area contributed by atoms with Gasteiger partial charge in [0.05, 0.1) is 10.7 Å². The van der Waals surface area contributed by atoms with Crippen molar-refractivity contribution in [1.29, 1.82) is 0 Å². The van der Waals surface area contributed by atoms with Crippen molar-refractivity contribution in [1.82, 2.24) is 0 Å². The first-order chi connectivity index (χ1) is 9.95. The van der Waals surface area contributed by atoms with Crippen LogP contribution in [-0.2, 0) is 4.79 Å². The number of hydrogen-bond donors (Lipinski definition) is 1. The molecule has 2 rings (SSSR count). The average molecular weight is 324 g/mol. The highest BCUT2D eigenvalue weighted by molar-refractivity contribution is 6.33. The maximum Gasteiger partial charge on any atom is 0.262 e. The van der Waals surface area contributed by atoms with Crippen molar-refractivity contribution in [2.45, 2.75) is 13.8 Å². The summed E-state index contributed by atoms with van der Waals surface area (Å²) in [7, 11) is 0. The Balaban J connectivity index is 1.96. The summed E-state index contributed by atoms with van der Waals surface area (Å²) in [5, 5.41) is 3.86. The normalized spacial score (nSPS) is 10.3. The Morgan fingerprint density at radius 2 is 1.90 bits per heavy atom. The topological polar surface area (TPSA) is 38.3 Å². The molecule has 0 spiro atoms. The fourth-order valence-corrected chi connectivity index (χ4v) is 2.33. The summed E-state index contributed by atoms with van der Waals surface area (Å²) >= 11 is 11.9. The average Bonchev–Trinajstić information content (AvgIpc) is 2.41. The highest BCUT2D eigenvalue weighted by Crippen LogP contribution is 2.23. The molecule has 2 aromatic carbocycles. The number of amides is 1. The summed E-state index contributed by atoms with van der Waals surface area (Å²) in [5.41, 5.74) is 2.48. The summed E-state index contributed by atoms with van der Waals surface area (Å²) in [6.07, 6.45) is 0. The maximum absolute atomic E-state index is 11.9. The molecule has 0 aliphatic heterocycles. The molecule has 0 unspecified atom stereocenters. The van der Waals surface area contributed by atoms with Crippen LogP contribution >= 0.6 is 23.2 Å². The third kappa shape index (κ3) is 4.38. The van der Waals surface area contributed by atoms with Crippen molar-refractivity contribution in [2.24, 2.45) is 0 Å². The van der Waals surface area contributed by atoms with Crippen LogP contribution in [0.15, 0.2) is 36.4 Å². The third-order valence-electron chi connectivity index (χ3n) is 2.89. The van der Waals surface area contributed by atoms with Gasteiger partial charge < -0.3 is 10.1 Å². The van der Waals surface area contributed by atoms with E-state index in [-0.39, 0.29) is 12.5 Å². The predicted octanol–water partition coefficient (Wildman–Crippen LogP) is 4.63. The van der Waals surface area contributed by atoms with Crippen LogP contribution in [0.5, 0.6) is 5.75 Å². The lowest BCUT2D eigenvalue weighted by Gasteiger charge is -2.11. The van der Waals surface area contributed by atoms with Crippen molar-refractivity contribution in [2.75, 3.05) is 11.9 Å². The number of ether oxygens (including phenoxy) is 1. The Bertz CT molecular complexity index is 671. The van der Waals surface area contributed by atoms with E-state index in [2.05, 4.69) is 5.32 Å². The molecule has 0 aromatic heterocycles. The summed E-state index contributed by atoms with van der Waals surface area (Å²) in [4.78, 5) is 11.9. The van der Waals surface area contributed by atoms with E-state index in [1.54, 1.807) is 30.3 Å². The van der Waals surface area contributed by atoms with E-state index in [9.17, 15) is 4.79 Å². The molecular formula is C16H15Cl2NO2. The SMILES string of the molecule is Cc1ccc(NC(=O)COc2ccc(Cl)cc2C)c(Cl)c1. The van der Waals surface area contributed by atoms with E-state index < -0.39 is 0 Å². The lowest BCUT2D eigenvalue weighted by Crippen LogP contribution is -2.20. The molecule has 0 aliphatic carbocycles. The van der Waals surface area contributed by atoms with Gasteiger partial charge in [0.25, 0.3) is 5.91 Å². The van der Waals surface area contributed by atoms with Gasteiger partial charge in [0.2, 0.25) is 0 Å². The van der Waals surface area contributed by atoms with Gasteiger partial charge in [-0.05, 0) is 55.3 Å². The fourth-order valence-electron chi connectivity index (χ4n) is 1.83. The van der Waals surface area contributed by atoms with Crippen molar-refractivity contribution < 1.29 is 9.53 Å². The summed E-state index contributed by atoms with van der Waals surface area (Å²) in [6, 6.07) is 10.7. The zero-order valence-electron chi connectivity index (χ0n) is 11.7. The molecule has 0 radical (unpaired) electrons. The third-order valence-corrected chi connectivity index (χ3v) is 3.44. The van der Waals surface area contributed by atoms with Crippen LogP contribution in [0, 0.1) is 13.8 Å². The van der Waals surface area contributed by atoms with Crippen molar-refractivity contribution in [3.05, 3.63) is 57.6 Å². The van der Waals surface area contributed by atoms with Gasteiger partial charge in [0, 0.05) is 5.02 Å². The van der Waals surface area contributed by atoms with Gasteiger partial charge in [0.15, 0.2) is 6.61 Å². The molecule has 0 fully saturated rings. The van der Waals surface area contributed by atoms with E-state index >= 15 is 0 Å². The number of aryl methyl sites for hydroxylation is 2. The van der Waals surface area contributed by atoms with E-state index in [0.29, 0.717) is 21.5 Å². The van der Waals surface area contributed by atoms with E-state index in [4.69, 9.17) is 27.9 Å². The number of rotatable bonds is 4. The number of carbonyl (C=O) groups excluding carboxylic acids is 1. The number of halogens is 2. The second kappa shape index (κ2) is 6.83. The van der Waals surface area contributed by atoms with Crippen LogP contribution in [0.25, 0.3) is 0 Å². The highest BCUT2D eigenvalue weighted by Gasteiger charge is 2.08. The molecule has 1 N–H and O–H groups in total. The van der Waals surface area contributed by atoms with Crippen LogP contribution in [0.1, 0.15) is 11.1 Å². The molecule has 21 heavy (non-hydrogen) atoms. The first kappa shape index (κ1) is 15.7. The number of carbonyl (C=O) groups is 1. The molecule has 0 aliphatic rings. The lowest BCUT2D eigenvalue weighted by molar-refractivity contribution is -0.118. The summed E-state index contributed by atoms with van der Waals surface area (Å²) in [6.45, 7) is 3.71. The molecule has 0 saturated heterocycles. The van der Waals surface area contributed by atoms with E-state index in [1.807, 2.05) is 19.9 Å². The molecule has 0 atom stereocenters. The van der Waals surface area contributed by atoms with Crippen LogP contribution in [0.2, 0.25) is 10.0 Å². The van der Waals surface area contributed by atoms with Gasteiger partial charge in [-0.3, -0.25) is 4.79 Å². The van der Waals surface area contributed by atoms with Crippen LogP contribution in [0.4, 0.5) is 5.69 Å². The minimum absolute atomic E-state index is 0.0906. The number of hydrogen-bond acceptors (Lipinski definition) is 2. The standard InChI is InChI=1S/C16H15Cl2NO2/c1-10-3-5-14(13(18)7-10)19-16(20)9-21-15-6-4-12(17)8-11(15)2/h3-8H,9H2,1-2H3,(H,19,20). The Morgan fingerprint density at radius 1 is 1.14 bits per heavy atom. The second-order valence-corrected chi connectivity index (χ2v) is 5.57. The summed E-state index contributed by atoms with van der Waals surface area (Å²) in [5.74, 6) is 0.361. The number of benzene rings is 2. The first-order valence-electron chi connectivity index (χ1n) is 6.40. The van der Waals surface area contributed by atoms with E-state index in [1.165, 1.54) is 0 Å². The molecule has 2 aromatic rings. The molecule has 0 heterocycles. The van der Waals surface area contributed by atoms with Crippen molar-refractivity contribution in [3.63, 3.8) is 0 Å². The smallest absolute Gasteiger partial charge is 0.262 e. The highest BCUT2D eigenvalue weighted by atomic mass is 35.5. The zero-order valence-corrected chi connectivity index (χ0v) is 13.3. The largest absolute Gasteiger partial charge is 0.483 e. The molecule has 1 amide bonds. The van der Waals surface area contributed by atoms with Crippen LogP contribution in [-0.4, -0.2) is 12.5 Å².